The van der Waals surface area contributed by atoms with Crippen molar-refractivity contribution in [1.29, 1.82) is 0 Å². The highest BCUT2D eigenvalue weighted by molar-refractivity contribution is 5.93. The molecule has 2 aromatic rings. The number of aryl methyl sites for hydroxylation is 1. The zero-order valence-corrected chi connectivity index (χ0v) is 10.6. The van der Waals surface area contributed by atoms with Gasteiger partial charge in [0.15, 0.2) is 5.75 Å². The lowest BCUT2D eigenvalue weighted by Crippen LogP contribution is -2.24. The molecule has 1 aromatic carbocycles. The molecule has 0 saturated carbocycles. The number of nitrogens with two attached hydrogens (primary N) is 1. The summed E-state index contributed by atoms with van der Waals surface area (Å²) in [6.07, 6.45) is 0.939. The van der Waals surface area contributed by atoms with Gasteiger partial charge in [0.2, 0.25) is 0 Å². The molecule has 3 N–H and O–H groups in total. The molecule has 0 spiro atoms. The third-order valence-electron chi connectivity index (χ3n) is 2.62. The van der Waals surface area contributed by atoms with Crippen molar-refractivity contribution in [1.82, 2.24) is 9.78 Å². The third kappa shape index (κ3) is 2.56. The number of amides is 2. The zero-order chi connectivity index (χ0) is 14.7. The Balaban J connectivity index is 2.68. The number of rotatable bonds is 2. The smallest absolute Gasteiger partial charge is 0.338 e. The maximum atomic E-state index is 11.9. The van der Waals surface area contributed by atoms with E-state index in [1.807, 2.05) is 6.07 Å². The van der Waals surface area contributed by atoms with Crippen molar-refractivity contribution < 1.29 is 9.90 Å². The predicted molar refractivity (Wildman–Crippen MR) is 73.8 cm³/mol. The van der Waals surface area contributed by atoms with Gasteiger partial charge in [0.25, 0.3) is 5.56 Å². The van der Waals surface area contributed by atoms with Crippen molar-refractivity contribution in [3.63, 3.8) is 0 Å². The summed E-state index contributed by atoms with van der Waals surface area (Å²) in [7, 11) is 1.44. The Morgan fingerprint density at radius 2 is 2.05 bits per heavy atom. The van der Waals surface area contributed by atoms with E-state index < -0.39 is 11.6 Å². The molecule has 0 bridgehead atoms. The number of aromatic nitrogens is 2. The Bertz CT molecular complexity index is 735. The van der Waals surface area contributed by atoms with Gasteiger partial charge in [-0.2, -0.15) is 5.10 Å². The van der Waals surface area contributed by atoms with Crippen LogP contribution in [0.2, 0.25) is 0 Å². The van der Waals surface area contributed by atoms with E-state index in [1.54, 1.807) is 24.3 Å². The van der Waals surface area contributed by atoms with Gasteiger partial charge >= 0.3 is 6.03 Å². The summed E-state index contributed by atoms with van der Waals surface area (Å²) in [5, 5.41) is 14.1. The first-order valence-corrected chi connectivity index (χ1v) is 5.70. The Labute approximate surface area is 114 Å². The number of benzene rings is 1. The van der Waals surface area contributed by atoms with E-state index in [2.05, 4.69) is 10.1 Å². The summed E-state index contributed by atoms with van der Waals surface area (Å²) >= 11 is 0. The fraction of sp³-hybridized carbons (Fsp3) is 0.0769. The monoisotopic (exact) mass is 272 g/mol. The van der Waals surface area contributed by atoms with Crippen LogP contribution in [0.25, 0.3) is 11.3 Å². The first-order valence-electron chi connectivity index (χ1n) is 5.70. The number of carbonyl (C=O) groups is 1. The number of carbonyl (C=O) groups excluding carboxylic acids is 1. The molecule has 0 aliphatic rings. The molecule has 2 rings (SSSR count). The fourth-order valence-electron chi connectivity index (χ4n) is 1.68. The fourth-order valence-corrected chi connectivity index (χ4v) is 1.68. The Hall–Kier alpha value is -2.96. The molecule has 1 aromatic heterocycles. The van der Waals surface area contributed by atoms with E-state index in [4.69, 9.17) is 5.73 Å². The van der Waals surface area contributed by atoms with Gasteiger partial charge in [-0.25, -0.2) is 14.5 Å². The molecule has 1 heterocycles. The topological polar surface area (TPSA) is 111 Å². The van der Waals surface area contributed by atoms with Gasteiger partial charge in [0, 0.05) is 18.8 Å². The standard InChI is InChI=1S/C13H12N4O3/c1-17-12(19)9(7-15-13(14)20)11(18)10(16-17)8-5-3-2-4-6-8/h2-7,18H,1H3,(H2,14,20)/b15-7+. The van der Waals surface area contributed by atoms with E-state index in [0.717, 1.165) is 10.9 Å². The molecule has 0 aliphatic carbocycles. The van der Waals surface area contributed by atoms with Crippen molar-refractivity contribution in [3.8, 4) is 17.0 Å². The number of nitrogens with zero attached hydrogens (tertiary/aromatic N) is 3. The molecule has 0 aliphatic heterocycles. The van der Waals surface area contributed by atoms with Crippen molar-refractivity contribution in [2.45, 2.75) is 0 Å². The Morgan fingerprint density at radius 1 is 1.40 bits per heavy atom. The molecule has 7 nitrogen and oxygen atoms in total. The molecule has 0 atom stereocenters. The molecule has 0 unspecified atom stereocenters. The maximum Gasteiger partial charge on any atom is 0.338 e. The highest BCUT2D eigenvalue weighted by Crippen LogP contribution is 2.26. The Morgan fingerprint density at radius 3 is 2.65 bits per heavy atom. The lowest BCUT2D eigenvalue weighted by molar-refractivity contribution is 0.257. The molecular weight excluding hydrogens is 260 g/mol. The lowest BCUT2D eigenvalue weighted by Gasteiger charge is -2.08. The predicted octanol–water partition coefficient (Wildman–Crippen LogP) is 0.651. The minimum atomic E-state index is -0.954. The van der Waals surface area contributed by atoms with Gasteiger partial charge in [-0.3, -0.25) is 4.79 Å². The van der Waals surface area contributed by atoms with Gasteiger partial charge in [0.1, 0.15) is 11.3 Å². The molecule has 0 saturated heterocycles. The first-order chi connectivity index (χ1) is 9.50. The van der Waals surface area contributed by atoms with Crippen LogP contribution in [0, 0.1) is 0 Å². The van der Waals surface area contributed by atoms with Crippen molar-refractivity contribution in [2.75, 3.05) is 0 Å². The number of hydrogen-bond acceptors (Lipinski definition) is 4. The van der Waals surface area contributed by atoms with Gasteiger partial charge in [0.05, 0.1) is 0 Å². The second kappa shape index (κ2) is 5.35. The van der Waals surface area contributed by atoms with Gasteiger partial charge in [-0.05, 0) is 0 Å². The summed E-state index contributed by atoms with van der Waals surface area (Å²) in [4.78, 5) is 25.8. The summed E-state index contributed by atoms with van der Waals surface area (Å²) in [6.45, 7) is 0. The van der Waals surface area contributed by atoms with Crippen LogP contribution in [-0.2, 0) is 7.05 Å². The van der Waals surface area contributed by atoms with Gasteiger partial charge in [-0.1, -0.05) is 30.3 Å². The van der Waals surface area contributed by atoms with Crippen LogP contribution in [0.1, 0.15) is 5.56 Å². The molecular formula is C13H12N4O3. The van der Waals surface area contributed by atoms with E-state index >= 15 is 0 Å². The molecule has 20 heavy (non-hydrogen) atoms. The van der Waals surface area contributed by atoms with Crippen LogP contribution < -0.4 is 11.3 Å². The largest absolute Gasteiger partial charge is 0.505 e. The van der Waals surface area contributed by atoms with Crippen LogP contribution in [0.15, 0.2) is 40.1 Å². The lowest BCUT2D eigenvalue weighted by atomic mass is 10.1. The minimum Gasteiger partial charge on any atom is -0.505 e. The summed E-state index contributed by atoms with van der Waals surface area (Å²) in [5.41, 5.74) is 5.02. The number of urea groups is 1. The molecule has 2 amide bonds. The van der Waals surface area contributed by atoms with Crippen molar-refractivity contribution >= 4 is 12.2 Å². The first kappa shape index (κ1) is 13.5. The Kier molecular flexibility index (Phi) is 3.60. The minimum absolute atomic E-state index is 0.139. The number of hydrogen-bond donors (Lipinski definition) is 2. The number of aliphatic imine (C=N–C) groups is 1. The molecule has 0 radical (unpaired) electrons. The molecule has 7 heteroatoms. The quantitative estimate of drug-likeness (QED) is 0.782. The third-order valence-corrected chi connectivity index (χ3v) is 2.62. The van der Waals surface area contributed by atoms with Crippen LogP contribution in [-0.4, -0.2) is 27.1 Å². The SMILES string of the molecule is Cn1nc(-c2ccccc2)c(O)c(/C=N/C(N)=O)c1=O. The van der Waals surface area contributed by atoms with E-state index in [1.165, 1.54) is 7.05 Å². The van der Waals surface area contributed by atoms with Crippen molar-refractivity contribution in [2.24, 2.45) is 17.8 Å². The van der Waals surface area contributed by atoms with E-state index in [0.29, 0.717) is 5.56 Å². The van der Waals surface area contributed by atoms with Gasteiger partial charge < -0.3 is 10.8 Å². The van der Waals surface area contributed by atoms with Gasteiger partial charge in [-0.15, -0.1) is 0 Å². The van der Waals surface area contributed by atoms with E-state index in [-0.39, 0.29) is 17.0 Å². The summed E-state index contributed by atoms with van der Waals surface area (Å²) < 4.78 is 1.06. The average molecular weight is 272 g/mol. The number of aromatic hydroxyl groups is 1. The second-order valence-electron chi connectivity index (χ2n) is 4.00. The van der Waals surface area contributed by atoms with E-state index in [9.17, 15) is 14.7 Å². The average Bonchev–Trinajstić information content (AvgIpc) is 2.43. The normalized spacial score (nSPS) is 10.8. The molecule has 0 fully saturated rings. The maximum absolute atomic E-state index is 11.9. The summed E-state index contributed by atoms with van der Waals surface area (Å²) in [5.74, 6) is -0.343. The van der Waals surface area contributed by atoms with Crippen molar-refractivity contribution in [3.05, 3.63) is 46.2 Å². The highest BCUT2D eigenvalue weighted by Gasteiger charge is 2.15. The van der Waals surface area contributed by atoms with Crippen LogP contribution in [0.4, 0.5) is 4.79 Å². The number of primary amides is 1. The highest BCUT2D eigenvalue weighted by atomic mass is 16.3. The van der Waals surface area contributed by atoms with Crippen LogP contribution in [0.5, 0.6) is 5.75 Å². The van der Waals surface area contributed by atoms with Crippen LogP contribution in [0.3, 0.4) is 0 Å². The summed E-state index contributed by atoms with van der Waals surface area (Å²) in [6, 6.07) is 7.89. The second-order valence-corrected chi connectivity index (χ2v) is 4.00. The molecule has 102 valence electrons. The van der Waals surface area contributed by atoms with Crippen LogP contribution >= 0.6 is 0 Å². The zero-order valence-electron chi connectivity index (χ0n) is 10.6.